The summed E-state index contributed by atoms with van der Waals surface area (Å²) in [6.45, 7) is 3.42. The molecule has 3 aliphatic heterocycles. The first-order valence-electron chi connectivity index (χ1n) is 7.39. The quantitative estimate of drug-likeness (QED) is 0.902. The lowest BCUT2D eigenvalue weighted by molar-refractivity contribution is 0.0620. The molecule has 1 atom stereocenters. The number of fused-ring (bicyclic) bond motifs is 4. The Hall–Kier alpha value is -1.81. The predicted octanol–water partition coefficient (Wildman–Crippen LogP) is 1.76. The number of rotatable bonds is 2. The lowest BCUT2D eigenvalue weighted by Gasteiger charge is -2.44. The number of hydrogen-bond donors (Lipinski definition) is 1. The van der Waals surface area contributed by atoms with E-state index in [1.807, 2.05) is 41.1 Å². The van der Waals surface area contributed by atoms with Crippen LogP contribution in [0.25, 0.3) is 5.52 Å². The molecule has 104 valence electrons. The van der Waals surface area contributed by atoms with Crippen molar-refractivity contribution in [2.24, 2.45) is 5.92 Å². The van der Waals surface area contributed by atoms with Crippen molar-refractivity contribution in [3.05, 3.63) is 42.2 Å². The molecule has 2 bridgehead atoms. The first-order chi connectivity index (χ1) is 9.79. The molecule has 5 heterocycles. The zero-order valence-electron chi connectivity index (χ0n) is 11.5. The zero-order chi connectivity index (χ0) is 13.5. The molecule has 1 unspecified atom stereocenters. The van der Waals surface area contributed by atoms with Gasteiger partial charge in [0.15, 0.2) is 0 Å². The number of carbonyl (C=O) groups is 1. The summed E-state index contributed by atoms with van der Waals surface area (Å²) in [6, 6.07) is 8.27. The first kappa shape index (κ1) is 12.0. The summed E-state index contributed by atoms with van der Waals surface area (Å²) in [7, 11) is 0. The van der Waals surface area contributed by atoms with Gasteiger partial charge in [0.25, 0.3) is 5.91 Å². The molecule has 2 aromatic rings. The van der Waals surface area contributed by atoms with E-state index in [2.05, 4.69) is 10.2 Å². The van der Waals surface area contributed by atoms with Gasteiger partial charge in [-0.3, -0.25) is 4.79 Å². The Morgan fingerprint density at radius 2 is 2.10 bits per heavy atom. The van der Waals surface area contributed by atoms with Gasteiger partial charge in [-0.2, -0.15) is 0 Å². The molecule has 4 heteroatoms. The van der Waals surface area contributed by atoms with Gasteiger partial charge in [-0.15, -0.1) is 0 Å². The average molecular weight is 269 g/mol. The third-order valence-corrected chi connectivity index (χ3v) is 4.74. The van der Waals surface area contributed by atoms with E-state index in [0.29, 0.717) is 12.0 Å². The molecule has 2 aromatic heterocycles. The highest BCUT2D eigenvalue weighted by Crippen LogP contribution is 2.27. The maximum atomic E-state index is 12.4. The Balaban J connectivity index is 1.52. The highest BCUT2D eigenvalue weighted by molar-refractivity contribution is 5.95. The Morgan fingerprint density at radius 3 is 2.80 bits per heavy atom. The van der Waals surface area contributed by atoms with Crippen LogP contribution in [-0.4, -0.2) is 40.9 Å². The van der Waals surface area contributed by atoms with Crippen LogP contribution in [0.4, 0.5) is 0 Å². The minimum Gasteiger partial charge on any atom is -0.348 e. The molecule has 0 saturated carbocycles. The summed E-state index contributed by atoms with van der Waals surface area (Å²) < 4.78 is 1.99. The fourth-order valence-electron chi connectivity index (χ4n) is 3.56. The summed E-state index contributed by atoms with van der Waals surface area (Å²) in [5, 5.41) is 3.23. The molecule has 1 N–H and O–H groups in total. The molecular formula is C16H19N3O. The molecule has 20 heavy (non-hydrogen) atoms. The van der Waals surface area contributed by atoms with Gasteiger partial charge >= 0.3 is 0 Å². The van der Waals surface area contributed by atoms with E-state index >= 15 is 0 Å². The lowest BCUT2D eigenvalue weighted by Crippen LogP contribution is -2.57. The van der Waals surface area contributed by atoms with Gasteiger partial charge in [-0.25, -0.2) is 0 Å². The van der Waals surface area contributed by atoms with Crippen molar-refractivity contribution in [3.8, 4) is 0 Å². The van der Waals surface area contributed by atoms with Crippen LogP contribution in [-0.2, 0) is 0 Å². The molecule has 4 nitrogen and oxygen atoms in total. The van der Waals surface area contributed by atoms with Crippen molar-refractivity contribution in [1.82, 2.24) is 14.6 Å². The number of aromatic nitrogens is 1. The Kier molecular flexibility index (Phi) is 2.77. The van der Waals surface area contributed by atoms with Crippen molar-refractivity contribution < 1.29 is 4.79 Å². The van der Waals surface area contributed by atoms with Gasteiger partial charge in [0, 0.05) is 30.5 Å². The van der Waals surface area contributed by atoms with E-state index in [0.717, 1.165) is 17.6 Å². The molecule has 0 aliphatic carbocycles. The van der Waals surface area contributed by atoms with E-state index in [9.17, 15) is 4.79 Å². The van der Waals surface area contributed by atoms with Crippen molar-refractivity contribution in [3.63, 3.8) is 0 Å². The fraction of sp³-hybridized carbons (Fsp3) is 0.438. The summed E-state index contributed by atoms with van der Waals surface area (Å²) in [4.78, 5) is 14.9. The summed E-state index contributed by atoms with van der Waals surface area (Å²) in [5.41, 5.74) is 1.82. The van der Waals surface area contributed by atoms with Gasteiger partial charge < -0.3 is 14.6 Å². The first-order valence-corrected chi connectivity index (χ1v) is 7.39. The van der Waals surface area contributed by atoms with Crippen LogP contribution in [0.3, 0.4) is 0 Å². The minimum atomic E-state index is 0.0625. The number of hydrogen-bond acceptors (Lipinski definition) is 2. The third kappa shape index (κ3) is 2.00. The van der Waals surface area contributed by atoms with E-state index in [4.69, 9.17) is 0 Å². The molecule has 3 saturated heterocycles. The van der Waals surface area contributed by atoms with Crippen LogP contribution in [0.2, 0.25) is 0 Å². The van der Waals surface area contributed by atoms with E-state index in [1.165, 1.54) is 25.9 Å². The van der Waals surface area contributed by atoms with E-state index in [-0.39, 0.29) is 5.91 Å². The molecule has 1 amide bonds. The standard InChI is InChI=1S/C16H19N3O/c20-16(13-9-14-3-1-2-6-19(14)10-13)17-15-11-18-7-4-12(15)5-8-18/h1-3,6,9-10,12,15H,4-5,7-8,11H2,(H,17,20). The number of nitrogens with zero attached hydrogens (tertiary/aromatic N) is 2. The Morgan fingerprint density at radius 1 is 1.25 bits per heavy atom. The van der Waals surface area contributed by atoms with Crippen LogP contribution in [0.1, 0.15) is 23.2 Å². The van der Waals surface area contributed by atoms with Crippen molar-refractivity contribution in [2.45, 2.75) is 18.9 Å². The molecule has 0 radical (unpaired) electrons. The minimum absolute atomic E-state index is 0.0625. The molecule has 0 aromatic carbocycles. The summed E-state index contributed by atoms with van der Waals surface area (Å²) in [5.74, 6) is 0.730. The monoisotopic (exact) mass is 269 g/mol. The van der Waals surface area contributed by atoms with Crippen LogP contribution in [0.5, 0.6) is 0 Å². The van der Waals surface area contributed by atoms with E-state index in [1.54, 1.807) is 0 Å². The summed E-state index contributed by atoms with van der Waals surface area (Å²) in [6.07, 6.45) is 6.33. The summed E-state index contributed by atoms with van der Waals surface area (Å²) >= 11 is 0. The average Bonchev–Trinajstić information content (AvgIpc) is 2.92. The lowest BCUT2D eigenvalue weighted by atomic mass is 9.84. The topological polar surface area (TPSA) is 36.8 Å². The number of amides is 1. The second-order valence-corrected chi connectivity index (χ2v) is 5.98. The smallest absolute Gasteiger partial charge is 0.253 e. The van der Waals surface area contributed by atoms with Crippen LogP contribution in [0, 0.1) is 5.92 Å². The molecule has 3 aliphatic rings. The Labute approximate surface area is 118 Å². The number of piperidine rings is 3. The molecular weight excluding hydrogens is 250 g/mol. The predicted molar refractivity (Wildman–Crippen MR) is 77.8 cm³/mol. The molecule has 5 rings (SSSR count). The SMILES string of the molecule is O=C(NC1CN2CCC1CC2)c1cc2ccccn2c1. The highest BCUT2D eigenvalue weighted by Gasteiger charge is 2.34. The van der Waals surface area contributed by atoms with Gasteiger partial charge in [0.1, 0.15) is 0 Å². The van der Waals surface area contributed by atoms with Gasteiger partial charge in [-0.1, -0.05) is 6.07 Å². The maximum Gasteiger partial charge on any atom is 0.253 e. The van der Waals surface area contributed by atoms with Crippen molar-refractivity contribution in [1.29, 1.82) is 0 Å². The molecule has 0 spiro atoms. The second-order valence-electron chi connectivity index (χ2n) is 5.98. The van der Waals surface area contributed by atoms with Gasteiger partial charge in [-0.05, 0) is 50.0 Å². The van der Waals surface area contributed by atoms with Crippen LogP contribution >= 0.6 is 0 Å². The van der Waals surface area contributed by atoms with Gasteiger partial charge in [0.2, 0.25) is 0 Å². The van der Waals surface area contributed by atoms with Crippen LogP contribution < -0.4 is 5.32 Å². The van der Waals surface area contributed by atoms with Gasteiger partial charge in [0.05, 0.1) is 5.56 Å². The highest BCUT2D eigenvalue weighted by atomic mass is 16.1. The van der Waals surface area contributed by atoms with Crippen molar-refractivity contribution >= 4 is 11.4 Å². The van der Waals surface area contributed by atoms with E-state index < -0.39 is 0 Å². The Bertz CT molecular complexity index is 607. The largest absolute Gasteiger partial charge is 0.348 e. The van der Waals surface area contributed by atoms with Crippen LogP contribution in [0.15, 0.2) is 36.7 Å². The normalized spacial score (nSPS) is 28.7. The zero-order valence-corrected chi connectivity index (χ0v) is 11.5. The number of carbonyl (C=O) groups excluding carboxylic acids is 1. The number of pyridine rings is 1. The van der Waals surface area contributed by atoms with Crippen molar-refractivity contribution in [2.75, 3.05) is 19.6 Å². The second kappa shape index (κ2) is 4.63. The maximum absolute atomic E-state index is 12.4. The fourth-order valence-corrected chi connectivity index (χ4v) is 3.56. The molecule has 3 fully saturated rings. The number of nitrogens with one attached hydrogen (secondary N) is 1. The third-order valence-electron chi connectivity index (χ3n) is 4.74.